The highest BCUT2D eigenvalue weighted by Gasteiger charge is 2.29. The molecule has 0 saturated carbocycles. The third kappa shape index (κ3) is 9.50. The third-order valence-corrected chi connectivity index (χ3v) is 1.86. The summed E-state index contributed by atoms with van der Waals surface area (Å²) in [5.74, 6) is 0.847. The van der Waals surface area contributed by atoms with E-state index in [-0.39, 0.29) is 0 Å². The van der Waals surface area contributed by atoms with Crippen LogP contribution in [-0.4, -0.2) is 37.4 Å². The minimum absolute atomic E-state index is 0.331. The Morgan fingerprint density at radius 2 is 2.14 bits per heavy atom. The zero-order valence-corrected chi connectivity index (χ0v) is 8.50. The van der Waals surface area contributed by atoms with Gasteiger partial charge in [-0.2, -0.15) is 24.9 Å². The molecule has 1 amide bonds. The quantitative estimate of drug-likeness (QED) is 0.736. The van der Waals surface area contributed by atoms with E-state index in [0.717, 1.165) is 5.75 Å². The number of carbonyl (C=O) groups is 1. The predicted molar refractivity (Wildman–Crippen MR) is 48.4 cm³/mol. The highest BCUT2D eigenvalue weighted by molar-refractivity contribution is 7.98. The van der Waals surface area contributed by atoms with Crippen LogP contribution in [0.2, 0.25) is 0 Å². The Kier molecular flexibility index (Phi) is 6.52. The van der Waals surface area contributed by atoms with Crippen LogP contribution in [0, 0.1) is 0 Å². The van der Waals surface area contributed by atoms with Crippen molar-refractivity contribution in [3.63, 3.8) is 0 Å². The topological polar surface area (TPSA) is 38.3 Å². The standard InChI is InChI=1S/C7H12F3NO2S/c1-14-4-2-3-11-6(12)13-5-7(8,9)10/h2-5H2,1H3,(H,11,12). The number of halogens is 3. The maximum atomic E-state index is 11.6. The van der Waals surface area contributed by atoms with Gasteiger partial charge in [0, 0.05) is 6.54 Å². The fraction of sp³-hybridized carbons (Fsp3) is 0.857. The lowest BCUT2D eigenvalue weighted by Gasteiger charge is -2.08. The molecule has 0 aliphatic carbocycles. The molecule has 0 aliphatic heterocycles. The molecule has 0 aromatic rings. The number of amides is 1. The predicted octanol–water partition coefficient (Wildman–Crippen LogP) is 2.03. The molecule has 0 aromatic heterocycles. The minimum atomic E-state index is -4.46. The van der Waals surface area contributed by atoms with Gasteiger partial charge in [-0.25, -0.2) is 4.79 Å². The lowest BCUT2D eigenvalue weighted by atomic mass is 10.5. The number of hydrogen-bond acceptors (Lipinski definition) is 3. The van der Waals surface area contributed by atoms with E-state index in [4.69, 9.17) is 0 Å². The number of alkyl carbamates (subject to hydrolysis) is 1. The van der Waals surface area contributed by atoms with E-state index in [2.05, 4.69) is 10.1 Å². The molecule has 0 bridgehead atoms. The third-order valence-electron chi connectivity index (χ3n) is 1.16. The van der Waals surface area contributed by atoms with Crippen molar-refractivity contribution in [2.45, 2.75) is 12.6 Å². The lowest BCUT2D eigenvalue weighted by molar-refractivity contribution is -0.160. The zero-order valence-electron chi connectivity index (χ0n) is 7.69. The second kappa shape index (κ2) is 6.80. The molecule has 1 N–H and O–H groups in total. The number of rotatable bonds is 5. The van der Waals surface area contributed by atoms with Crippen molar-refractivity contribution in [1.82, 2.24) is 5.32 Å². The van der Waals surface area contributed by atoms with Crippen LogP contribution < -0.4 is 5.32 Å². The molecular formula is C7H12F3NO2S. The smallest absolute Gasteiger partial charge is 0.422 e. The molecule has 0 fully saturated rings. The molecule has 0 saturated heterocycles. The van der Waals surface area contributed by atoms with Crippen molar-refractivity contribution in [2.24, 2.45) is 0 Å². The van der Waals surface area contributed by atoms with Gasteiger partial charge in [0.25, 0.3) is 0 Å². The molecule has 0 heterocycles. The van der Waals surface area contributed by atoms with E-state index in [0.29, 0.717) is 13.0 Å². The van der Waals surface area contributed by atoms with Crippen molar-refractivity contribution in [2.75, 3.05) is 25.2 Å². The van der Waals surface area contributed by atoms with Crippen LogP contribution in [0.5, 0.6) is 0 Å². The SMILES string of the molecule is CSCCCNC(=O)OCC(F)(F)F. The van der Waals surface area contributed by atoms with Crippen molar-refractivity contribution >= 4 is 17.9 Å². The lowest BCUT2D eigenvalue weighted by Crippen LogP contribution is -2.29. The van der Waals surface area contributed by atoms with E-state index in [9.17, 15) is 18.0 Å². The van der Waals surface area contributed by atoms with E-state index in [1.807, 2.05) is 6.26 Å². The first kappa shape index (κ1) is 13.4. The number of hydrogen-bond donors (Lipinski definition) is 1. The molecule has 0 spiro atoms. The Balaban J connectivity index is 3.38. The second-order valence-corrected chi connectivity index (χ2v) is 3.45. The van der Waals surface area contributed by atoms with Gasteiger partial charge in [0.15, 0.2) is 6.61 Å². The zero-order chi connectivity index (χ0) is 11.0. The Hall–Kier alpha value is -0.590. The Labute approximate surface area is 84.4 Å². The first-order valence-corrected chi connectivity index (χ1v) is 5.31. The summed E-state index contributed by atoms with van der Waals surface area (Å²) in [6, 6.07) is 0. The van der Waals surface area contributed by atoms with Crippen LogP contribution in [-0.2, 0) is 4.74 Å². The molecule has 0 atom stereocenters. The van der Waals surface area contributed by atoms with E-state index in [1.165, 1.54) is 0 Å². The molecule has 14 heavy (non-hydrogen) atoms. The highest BCUT2D eigenvalue weighted by Crippen LogP contribution is 2.14. The Morgan fingerprint density at radius 1 is 1.50 bits per heavy atom. The maximum Gasteiger partial charge on any atom is 0.422 e. The monoisotopic (exact) mass is 231 g/mol. The van der Waals surface area contributed by atoms with Gasteiger partial charge in [-0.15, -0.1) is 0 Å². The van der Waals surface area contributed by atoms with Crippen LogP contribution in [0.3, 0.4) is 0 Å². The van der Waals surface area contributed by atoms with Crippen molar-refractivity contribution < 1.29 is 22.7 Å². The van der Waals surface area contributed by atoms with Gasteiger partial charge in [0.1, 0.15) is 0 Å². The largest absolute Gasteiger partial charge is 0.440 e. The highest BCUT2D eigenvalue weighted by atomic mass is 32.2. The molecular weight excluding hydrogens is 219 g/mol. The summed E-state index contributed by atoms with van der Waals surface area (Å²) in [6.07, 6.45) is -2.87. The number of ether oxygens (including phenoxy) is 1. The first-order chi connectivity index (χ1) is 6.45. The summed E-state index contributed by atoms with van der Waals surface area (Å²) in [6.45, 7) is -1.21. The van der Waals surface area contributed by atoms with Crippen LogP contribution in [0.1, 0.15) is 6.42 Å². The van der Waals surface area contributed by atoms with Crippen LogP contribution in [0.15, 0.2) is 0 Å². The fourth-order valence-electron chi connectivity index (χ4n) is 0.605. The van der Waals surface area contributed by atoms with Gasteiger partial charge in [-0.05, 0) is 18.4 Å². The summed E-state index contributed by atoms with van der Waals surface area (Å²) in [5, 5.41) is 2.22. The van der Waals surface area contributed by atoms with Crippen molar-refractivity contribution in [3.8, 4) is 0 Å². The van der Waals surface area contributed by atoms with Gasteiger partial charge in [-0.3, -0.25) is 0 Å². The molecule has 7 heteroatoms. The van der Waals surface area contributed by atoms with E-state index in [1.54, 1.807) is 11.8 Å². The fourth-order valence-corrected chi connectivity index (χ4v) is 1.04. The van der Waals surface area contributed by atoms with Crippen LogP contribution >= 0.6 is 11.8 Å². The molecule has 0 unspecified atom stereocenters. The first-order valence-electron chi connectivity index (χ1n) is 3.92. The van der Waals surface area contributed by atoms with Gasteiger partial charge >= 0.3 is 12.3 Å². The van der Waals surface area contributed by atoms with Gasteiger partial charge in [0.05, 0.1) is 0 Å². The average molecular weight is 231 g/mol. The minimum Gasteiger partial charge on any atom is -0.440 e. The summed E-state index contributed by atoms with van der Waals surface area (Å²) in [4.78, 5) is 10.6. The van der Waals surface area contributed by atoms with E-state index >= 15 is 0 Å². The number of carbonyl (C=O) groups excluding carboxylic acids is 1. The summed E-state index contributed by atoms with van der Waals surface area (Å²) < 4.78 is 38.6. The van der Waals surface area contributed by atoms with E-state index < -0.39 is 18.9 Å². The maximum absolute atomic E-state index is 11.6. The molecule has 3 nitrogen and oxygen atoms in total. The second-order valence-electron chi connectivity index (χ2n) is 2.46. The van der Waals surface area contributed by atoms with Gasteiger partial charge < -0.3 is 10.1 Å². The molecule has 84 valence electrons. The van der Waals surface area contributed by atoms with Gasteiger partial charge in [-0.1, -0.05) is 0 Å². The molecule has 0 aliphatic rings. The van der Waals surface area contributed by atoms with Crippen molar-refractivity contribution in [3.05, 3.63) is 0 Å². The molecule has 0 aromatic carbocycles. The average Bonchev–Trinajstić information content (AvgIpc) is 2.08. The molecule has 0 rings (SSSR count). The molecule has 0 radical (unpaired) electrons. The Bertz CT molecular complexity index is 175. The van der Waals surface area contributed by atoms with Crippen LogP contribution in [0.25, 0.3) is 0 Å². The number of nitrogens with one attached hydrogen (secondary N) is 1. The van der Waals surface area contributed by atoms with Crippen LogP contribution in [0.4, 0.5) is 18.0 Å². The number of thioether (sulfide) groups is 1. The summed E-state index contributed by atoms with van der Waals surface area (Å²) >= 11 is 1.60. The number of alkyl halides is 3. The summed E-state index contributed by atoms with van der Waals surface area (Å²) in [7, 11) is 0. The normalized spacial score (nSPS) is 11.1. The van der Waals surface area contributed by atoms with Crippen molar-refractivity contribution in [1.29, 1.82) is 0 Å². The van der Waals surface area contributed by atoms with Gasteiger partial charge in [0.2, 0.25) is 0 Å². The Morgan fingerprint density at radius 3 is 2.64 bits per heavy atom. The summed E-state index contributed by atoms with van der Waals surface area (Å²) in [5.41, 5.74) is 0.